The summed E-state index contributed by atoms with van der Waals surface area (Å²) >= 11 is 8.18. The number of nitrogens with two attached hydrogens (primary N) is 1. The summed E-state index contributed by atoms with van der Waals surface area (Å²) in [6.45, 7) is 0. The third-order valence-corrected chi connectivity index (χ3v) is 5.16. The average molecular weight is 296 g/mol. The lowest BCUT2D eigenvalue weighted by Gasteiger charge is -2.23. The lowest BCUT2D eigenvalue weighted by molar-refractivity contribution is 0.378. The highest BCUT2D eigenvalue weighted by Gasteiger charge is 2.20. The molecule has 2 heterocycles. The molecule has 2 N–H and O–H groups in total. The summed E-state index contributed by atoms with van der Waals surface area (Å²) in [7, 11) is 0. The van der Waals surface area contributed by atoms with E-state index in [1.54, 1.807) is 0 Å². The first kappa shape index (κ1) is 13.3. The number of halogens is 1. The molecular weight excluding hydrogens is 278 g/mol. The van der Waals surface area contributed by atoms with Crippen molar-refractivity contribution in [3.8, 4) is 0 Å². The van der Waals surface area contributed by atoms with Crippen molar-refractivity contribution in [1.82, 2.24) is 0 Å². The number of rotatable bonds is 3. The molecule has 1 fully saturated rings. The molecule has 1 aliphatic heterocycles. The Balaban J connectivity index is 1.77. The van der Waals surface area contributed by atoms with Crippen molar-refractivity contribution < 1.29 is 4.42 Å². The van der Waals surface area contributed by atoms with E-state index >= 15 is 0 Å². The van der Waals surface area contributed by atoms with Crippen LogP contribution < -0.4 is 5.73 Å². The van der Waals surface area contributed by atoms with Crippen molar-refractivity contribution in [1.29, 1.82) is 0 Å². The van der Waals surface area contributed by atoms with Crippen LogP contribution in [0.2, 0.25) is 5.02 Å². The lowest BCUT2D eigenvalue weighted by Crippen LogP contribution is -2.18. The van der Waals surface area contributed by atoms with Crippen LogP contribution in [0.3, 0.4) is 0 Å². The van der Waals surface area contributed by atoms with Gasteiger partial charge in [-0.15, -0.1) is 0 Å². The number of fused-ring (bicyclic) bond motifs is 1. The minimum absolute atomic E-state index is 0.0171. The van der Waals surface area contributed by atoms with Crippen molar-refractivity contribution in [3.05, 3.63) is 35.0 Å². The van der Waals surface area contributed by atoms with Gasteiger partial charge in [0.25, 0.3) is 0 Å². The summed E-state index contributed by atoms with van der Waals surface area (Å²) in [6.07, 6.45) is 3.57. The van der Waals surface area contributed by atoms with Crippen LogP contribution >= 0.6 is 23.4 Å². The third-order valence-electron chi connectivity index (χ3n) is 3.81. The molecule has 2 aromatic rings. The monoisotopic (exact) mass is 295 g/mol. The van der Waals surface area contributed by atoms with E-state index in [0.717, 1.165) is 29.1 Å². The Bertz CT molecular complexity index is 562. The fourth-order valence-electron chi connectivity index (χ4n) is 2.69. The summed E-state index contributed by atoms with van der Waals surface area (Å²) in [5.74, 6) is 4.13. The Kier molecular flexibility index (Phi) is 4.06. The molecule has 102 valence electrons. The van der Waals surface area contributed by atoms with Crippen LogP contribution in [0.5, 0.6) is 0 Å². The number of hydrogen-bond donors (Lipinski definition) is 1. The highest BCUT2D eigenvalue weighted by Crippen LogP contribution is 2.33. The molecule has 1 saturated heterocycles. The third kappa shape index (κ3) is 2.93. The standard InChI is InChI=1S/C15H18ClNOS/c16-12-3-1-2-11-9-14(18-15(11)12)13(17)8-10-4-6-19-7-5-10/h1-3,9-10,13H,4-8,17H2. The topological polar surface area (TPSA) is 39.2 Å². The van der Waals surface area contributed by atoms with Gasteiger partial charge in [-0.3, -0.25) is 0 Å². The summed E-state index contributed by atoms with van der Waals surface area (Å²) in [4.78, 5) is 0. The van der Waals surface area contributed by atoms with Gasteiger partial charge >= 0.3 is 0 Å². The first-order valence-electron chi connectivity index (χ1n) is 6.75. The van der Waals surface area contributed by atoms with E-state index in [9.17, 15) is 0 Å². The zero-order chi connectivity index (χ0) is 13.2. The predicted octanol–water partition coefficient (Wildman–Crippen LogP) is 4.62. The molecule has 1 aromatic carbocycles. The summed E-state index contributed by atoms with van der Waals surface area (Å²) < 4.78 is 5.84. The first-order valence-corrected chi connectivity index (χ1v) is 8.28. The van der Waals surface area contributed by atoms with Gasteiger partial charge in [0.2, 0.25) is 0 Å². The Morgan fingerprint density at radius 2 is 2.16 bits per heavy atom. The van der Waals surface area contributed by atoms with Gasteiger partial charge in [-0.1, -0.05) is 23.7 Å². The van der Waals surface area contributed by atoms with Gasteiger partial charge in [0.1, 0.15) is 5.76 Å². The summed E-state index contributed by atoms with van der Waals surface area (Å²) in [5, 5.41) is 1.70. The van der Waals surface area contributed by atoms with Gasteiger partial charge in [-0.2, -0.15) is 11.8 Å². The van der Waals surface area contributed by atoms with E-state index in [1.807, 2.05) is 36.0 Å². The Morgan fingerprint density at radius 1 is 1.37 bits per heavy atom. The maximum Gasteiger partial charge on any atom is 0.152 e. The van der Waals surface area contributed by atoms with Crippen molar-refractivity contribution in [2.24, 2.45) is 11.7 Å². The second-order valence-electron chi connectivity index (χ2n) is 5.20. The molecule has 1 unspecified atom stereocenters. The molecule has 0 saturated carbocycles. The van der Waals surface area contributed by atoms with E-state index in [1.165, 1.54) is 24.3 Å². The van der Waals surface area contributed by atoms with E-state index < -0.39 is 0 Å². The maximum absolute atomic E-state index is 6.30. The molecule has 2 nitrogen and oxygen atoms in total. The normalized spacial score (nSPS) is 18.8. The summed E-state index contributed by atoms with van der Waals surface area (Å²) in [6, 6.07) is 7.81. The fourth-order valence-corrected chi connectivity index (χ4v) is 4.11. The molecule has 0 spiro atoms. The minimum atomic E-state index is -0.0171. The number of thioether (sulfide) groups is 1. The van der Waals surface area contributed by atoms with Gasteiger partial charge in [0.15, 0.2) is 5.58 Å². The highest BCUT2D eigenvalue weighted by molar-refractivity contribution is 7.99. The van der Waals surface area contributed by atoms with Gasteiger partial charge in [0, 0.05) is 5.39 Å². The van der Waals surface area contributed by atoms with Crippen LogP contribution in [-0.2, 0) is 0 Å². The van der Waals surface area contributed by atoms with Crippen LogP contribution in [0.15, 0.2) is 28.7 Å². The van der Waals surface area contributed by atoms with Gasteiger partial charge < -0.3 is 10.2 Å². The second-order valence-corrected chi connectivity index (χ2v) is 6.84. The van der Waals surface area contributed by atoms with E-state index in [4.69, 9.17) is 21.8 Å². The predicted molar refractivity (Wildman–Crippen MR) is 82.8 cm³/mol. The summed E-state index contributed by atoms with van der Waals surface area (Å²) in [5.41, 5.74) is 7.05. The van der Waals surface area contributed by atoms with Crippen LogP contribution in [0.1, 0.15) is 31.1 Å². The Labute approximate surface area is 122 Å². The molecule has 1 atom stereocenters. The largest absolute Gasteiger partial charge is 0.458 e. The van der Waals surface area contributed by atoms with Crippen LogP contribution in [0, 0.1) is 5.92 Å². The number of hydrogen-bond acceptors (Lipinski definition) is 3. The van der Waals surface area contributed by atoms with Crippen LogP contribution in [0.4, 0.5) is 0 Å². The number of furan rings is 1. The molecule has 1 aliphatic rings. The molecule has 0 aliphatic carbocycles. The zero-order valence-electron chi connectivity index (χ0n) is 10.8. The lowest BCUT2D eigenvalue weighted by atomic mass is 9.93. The molecule has 0 bridgehead atoms. The van der Waals surface area contributed by atoms with Crippen molar-refractivity contribution >= 4 is 34.3 Å². The average Bonchev–Trinajstić information content (AvgIpc) is 2.85. The van der Waals surface area contributed by atoms with Crippen LogP contribution in [0.25, 0.3) is 11.0 Å². The van der Waals surface area contributed by atoms with E-state index in [2.05, 4.69) is 0 Å². The molecule has 19 heavy (non-hydrogen) atoms. The van der Waals surface area contributed by atoms with E-state index in [-0.39, 0.29) is 6.04 Å². The van der Waals surface area contributed by atoms with Gasteiger partial charge in [-0.05, 0) is 48.8 Å². The Morgan fingerprint density at radius 3 is 2.89 bits per heavy atom. The highest BCUT2D eigenvalue weighted by atomic mass is 35.5. The molecule has 4 heteroatoms. The van der Waals surface area contributed by atoms with E-state index in [0.29, 0.717) is 5.02 Å². The molecular formula is C15H18ClNOS. The molecule has 0 radical (unpaired) electrons. The van der Waals surface area contributed by atoms with Crippen molar-refractivity contribution in [2.45, 2.75) is 25.3 Å². The maximum atomic E-state index is 6.30. The van der Waals surface area contributed by atoms with Crippen LogP contribution in [-0.4, -0.2) is 11.5 Å². The molecule has 0 amide bonds. The minimum Gasteiger partial charge on any atom is -0.458 e. The van der Waals surface area contributed by atoms with Gasteiger partial charge in [0.05, 0.1) is 11.1 Å². The molecule has 1 aromatic heterocycles. The van der Waals surface area contributed by atoms with Gasteiger partial charge in [-0.25, -0.2) is 0 Å². The first-order chi connectivity index (χ1) is 9.24. The second kappa shape index (κ2) is 5.78. The Hall–Kier alpha value is -0.640. The smallest absolute Gasteiger partial charge is 0.152 e. The SMILES string of the molecule is NC(CC1CCSCC1)c1cc2cccc(Cl)c2o1. The van der Waals surface area contributed by atoms with Crippen molar-refractivity contribution in [2.75, 3.05) is 11.5 Å². The quantitative estimate of drug-likeness (QED) is 0.898. The molecule has 3 rings (SSSR count). The number of para-hydroxylation sites is 1. The fraction of sp³-hybridized carbons (Fsp3) is 0.467. The number of benzene rings is 1. The van der Waals surface area contributed by atoms with Crippen molar-refractivity contribution in [3.63, 3.8) is 0 Å². The zero-order valence-corrected chi connectivity index (χ0v) is 12.3.